The molecule has 3 N–H and O–H groups in total. The van der Waals surface area contributed by atoms with Crippen molar-refractivity contribution in [1.29, 1.82) is 0 Å². The highest BCUT2D eigenvalue weighted by Crippen LogP contribution is 1.88. The Morgan fingerprint density at radius 3 is 2.18 bits per heavy atom. The summed E-state index contributed by atoms with van der Waals surface area (Å²) in [5, 5.41) is 2.66. The maximum Gasteiger partial charge on any atom is 0.317 e. The summed E-state index contributed by atoms with van der Waals surface area (Å²) >= 11 is 0. The van der Waals surface area contributed by atoms with Crippen LogP contribution in [0.15, 0.2) is 0 Å². The molecule has 66 valence electrons. The van der Waals surface area contributed by atoms with Gasteiger partial charge in [0.2, 0.25) is 0 Å². The average molecular weight is 159 g/mol. The summed E-state index contributed by atoms with van der Waals surface area (Å²) in [6, 6.07) is 0.375. The second-order valence-electron chi connectivity index (χ2n) is 2.90. The normalized spacial score (nSPS) is 16.1. The van der Waals surface area contributed by atoms with E-state index in [-0.39, 0.29) is 6.03 Å². The van der Waals surface area contributed by atoms with E-state index in [4.69, 9.17) is 5.73 Å². The minimum Gasteiger partial charge on any atom is -0.336 e. The molecule has 0 saturated carbocycles. The standard InChI is InChI=1S/C4H8N2O.C3H9N/c1-6-3-2-5-4(6)7;1-3(2)4/h2-3H2,1H3,(H,5,7);3H,4H2,1-2H3. The van der Waals surface area contributed by atoms with Crippen LogP contribution in [-0.4, -0.2) is 37.1 Å². The van der Waals surface area contributed by atoms with E-state index >= 15 is 0 Å². The molecule has 1 fully saturated rings. The molecular weight excluding hydrogens is 142 g/mol. The quantitative estimate of drug-likeness (QED) is 0.522. The SMILES string of the molecule is CC(C)N.CN1CCNC1=O. The molecule has 0 radical (unpaired) electrons. The Bertz CT molecular complexity index is 122. The van der Waals surface area contributed by atoms with E-state index in [9.17, 15) is 4.79 Å². The molecule has 0 atom stereocenters. The van der Waals surface area contributed by atoms with Crippen LogP contribution in [0.5, 0.6) is 0 Å². The second kappa shape index (κ2) is 4.96. The lowest BCUT2D eigenvalue weighted by molar-refractivity contribution is 0.226. The number of rotatable bonds is 0. The summed E-state index contributed by atoms with van der Waals surface area (Å²) in [6.07, 6.45) is 0. The summed E-state index contributed by atoms with van der Waals surface area (Å²) in [7, 11) is 1.78. The molecule has 2 amide bonds. The number of urea groups is 1. The van der Waals surface area contributed by atoms with Crippen molar-refractivity contribution in [3.8, 4) is 0 Å². The Morgan fingerprint density at radius 1 is 1.64 bits per heavy atom. The third-order valence-corrected chi connectivity index (χ3v) is 1.07. The van der Waals surface area contributed by atoms with E-state index in [0.717, 1.165) is 13.1 Å². The summed E-state index contributed by atoms with van der Waals surface area (Å²) in [5.74, 6) is 0. The van der Waals surface area contributed by atoms with Gasteiger partial charge in [0.15, 0.2) is 0 Å². The fourth-order valence-electron chi connectivity index (χ4n) is 0.567. The molecule has 0 unspecified atom stereocenters. The Balaban J connectivity index is 0.000000218. The number of nitrogens with two attached hydrogens (primary N) is 1. The zero-order chi connectivity index (χ0) is 8.85. The minimum atomic E-state index is 0.0417. The van der Waals surface area contributed by atoms with Gasteiger partial charge in [-0.05, 0) is 6.04 Å². The van der Waals surface area contributed by atoms with Crippen LogP contribution in [-0.2, 0) is 0 Å². The van der Waals surface area contributed by atoms with Crippen molar-refractivity contribution < 1.29 is 4.79 Å². The van der Waals surface area contributed by atoms with Crippen LogP contribution >= 0.6 is 0 Å². The first kappa shape index (κ1) is 10.2. The van der Waals surface area contributed by atoms with Gasteiger partial charge in [-0.1, -0.05) is 13.8 Å². The van der Waals surface area contributed by atoms with Gasteiger partial charge in [0.1, 0.15) is 0 Å². The van der Waals surface area contributed by atoms with Gasteiger partial charge < -0.3 is 16.0 Å². The Morgan fingerprint density at radius 2 is 2.09 bits per heavy atom. The zero-order valence-corrected chi connectivity index (χ0v) is 7.42. The number of likely N-dealkylation sites (N-methyl/N-ethyl adjacent to an activating group) is 1. The molecule has 0 spiro atoms. The summed E-state index contributed by atoms with van der Waals surface area (Å²) in [6.45, 7) is 5.54. The molecule has 1 rings (SSSR count). The first-order valence-corrected chi connectivity index (χ1v) is 3.78. The number of hydrogen-bond donors (Lipinski definition) is 2. The number of nitrogens with one attached hydrogen (secondary N) is 1. The van der Waals surface area contributed by atoms with Crippen molar-refractivity contribution in [2.45, 2.75) is 19.9 Å². The molecule has 0 aromatic carbocycles. The smallest absolute Gasteiger partial charge is 0.317 e. The van der Waals surface area contributed by atoms with Crippen LogP contribution in [0.2, 0.25) is 0 Å². The van der Waals surface area contributed by atoms with Crippen molar-refractivity contribution in [3.05, 3.63) is 0 Å². The summed E-state index contributed by atoms with van der Waals surface area (Å²) < 4.78 is 0. The number of nitrogens with zero attached hydrogens (tertiary/aromatic N) is 1. The second-order valence-corrected chi connectivity index (χ2v) is 2.90. The monoisotopic (exact) mass is 159 g/mol. The third kappa shape index (κ3) is 5.66. The molecule has 0 aliphatic carbocycles. The Hall–Kier alpha value is -0.770. The van der Waals surface area contributed by atoms with Gasteiger partial charge in [0, 0.05) is 20.1 Å². The van der Waals surface area contributed by atoms with Gasteiger partial charge in [0.05, 0.1) is 0 Å². The molecule has 0 aromatic rings. The van der Waals surface area contributed by atoms with Gasteiger partial charge >= 0.3 is 6.03 Å². The van der Waals surface area contributed by atoms with Gasteiger partial charge in [-0.15, -0.1) is 0 Å². The number of hydrogen-bond acceptors (Lipinski definition) is 2. The first-order chi connectivity index (χ1) is 5.04. The van der Waals surface area contributed by atoms with Gasteiger partial charge in [-0.3, -0.25) is 0 Å². The molecule has 0 bridgehead atoms. The molecular formula is C7H17N3O. The van der Waals surface area contributed by atoms with E-state index in [0.29, 0.717) is 6.04 Å². The molecule has 1 saturated heterocycles. The van der Waals surface area contributed by atoms with Gasteiger partial charge in [0.25, 0.3) is 0 Å². The van der Waals surface area contributed by atoms with E-state index in [2.05, 4.69) is 5.32 Å². The summed E-state index contributed by atoms with van der Waals surface area (Å²) in [5.41, 5.74) is 5.11. The Kier molecular flexibility index (Phi) is 4.61. The van der Waals surface area contributed by atoms with Crippen molar-refractivity contribution in [3.63, 3.8) is 0 Å². The number of amides is 2. The van der Waals surface area contributed by atoms with E-state index in [1.54, 1.807) is 11.9 Å². The van der Waals surface area contributed by atoms with Crippen LogP contribution in [0.3, 0.4) is 0 Å². The highest BCUT2D eigenvalue weighted by atomic mass is 16.2. The van der Waals surface area contributed by atoms with Crippen molar-refractivity contribution >= 4 is 6.03 Å². The number of carbonyl (C=O) groups excluding carboxylic acids is 1. The lowest BCUT2D eigenvalue weighted by Crippen LogP contribution is -2.23. The largest absolute Gasteiger partial charge is 0.336 e. The average Bonchev–Trinajstić information content (AvgIpc) is 2.15. The lowest BCUT2D eigenvalue weighted by Gasteiger charge is -2.01. The molecule has 4 nitrogen and oxygen atoms in total. The number of carbonyl (C=O) groups is 1. The molecule has 1 aliphatic heterocycles. The maximum absolute atomic E-state index is 10.4. The topological polar surface area (TPSA) is 58.4 Å². The van der Waals surface area contributed by atoms with Crippen molar-refractivity contribution in [1.82, 2.24) is 10.2 Å². The van der Waals surface area contributed by atoms with Crippen LogP contribution in [0, 0.1) is 0 Å². The molecule has 4 heteroatoms. The molecule has 11 heavy (non-hydrogen) atoms. The highest BCUT2D eigenvalue weighted by Gasteiger charge is 2.12. The molecule has 1 aliphatic rings. The van der Waals surface area contributed by atoms with Crippen molar-refractivity contribution in [2.24, 2.45) is 5.73 Å². The van der Waals surface area contributed by atoms with Crippen LogP contribution in [0.25, 0.3) is 0 Å². The van der Waals surface area contributed by atoms with Gasteiger partial charge in [-0.2, -0.15) is 0 Å². The lowest BCUT2D eigenvalue weighted by atomic mass is 10.5. The first-order valence-electron chi connectivity index (χ1n) is 3.78. The Labute approximate surface area is 67.7 Å². The zero-order valence-electron chi connectivity index (χ0n) is 7.42. The molecule has 0 aromatic heterocycles. The summed E-state index contributed by atoms with van der Waals surface area (Å²) in [4.78, 5) is 12.0. The van der Waals surface area contributed by atoms with Crippen molar-refractivity contribution in [2.75, 3.05) is 20.1 Å². The predicted molar refractivity (Wildman–Crippen MR) is 45.4 cm³/mol. The van der Waals surface area contributed by atoms with E-state index < -0.39 is 0 Å². The van der Waals surface area contributed by atoms with Crippen LogP contribution in [0.4, 0.5) is 4.79 Å². The van der Waals surface area contributed by atoms with Crippen LogP contribution in [0.1, 0.15) is 13.8 Å². The third-order valence-electron chi connectivity index (χ3n) is 1.07. The fourth-order valence-corrected chi connectivity index (χ4v) is 0.567. The molecule has 1 heterocycles. The van der Waals surface area contributed by atoms with Gasteiger partial charge in [-0.25, -0.2) is 4.79 Å². The minimum absolute atomic E-state index is 0.0417. The van der Waals surface area contributed by atoms with E-state index in [1.165, 1.54) is 0 Å². The maximum atomic E-state index is 10.4. The predicted octanol–water partition coefficient (Wildman–Crippen LogP) is -0.00510. The highest BCUT2D eigenvalue weighted by molar-refractivity contribution is 5.75. The fraction of sp³-hybridized carbons (Fsp3) is 0.857. The van der Waals surface area contributed by atoms with E-state index in [1.807, 2.05) is 13.8 Å². The van der Waals surface area contributed by atoms with Crippen LogP contribution < -0.4 is 11.1 Å².